The van der Waals surface area contributed by atoms with Crippen LogP contribution in [0.2, 0.25) is 0 Å². The molecule has 0 bridgehead atoms. The number of nitrogens with two attached hydrogens (primary N) is 1. The van der Waals surface area contributed by atoms with Gasteiger partial charge in [0.2, 0.25) is 0 Å². The molecular formula is C8H18N2. The molecule has 3 N–H and O–H groups in total. The van der Waals surface area contributed by atoms with Crippen LogP contribution in [-0.4, -0.2) is 18.1 Å². The van der Waals surface area contributed by atoms with Gasteiger partial charge in [0.1, 0.15) is 0 Å². The van der Waals surface area contributed by atoms with E-state index in [2.05, 4.69) is 33.0 Å². The van der Waals surface area contributed by atoms with Gasteiger partial charge in [-0.05, 0) is 19.3 Å². The van der Waals surface area contributed by atoms with E-state index < -0.39 is 0 Å². The number of rotatable bonds is 0. The van der Waals surface area contributed by atoms with Crippen LogP contribution in [0.25, 0.3) is 0 Å². The van der Waals surface area contributed by atoms with E-state index in [-0.39, 0.29) is 17.0 Å². The maximum absolute atomic E-state index is 6.03. The monoisotopic (exact) mass is 142 g/mol. The van der Waals surface area contributed by atoms with Gasteiger partial charge in [-0.2, -0.15) is 0 Å². The van der Waals surface area contributed by atoms with E-state index in [1.54, 1.807) is 0 Å². The van der Waals surface area contributed by atoms with Crippen LogP contribution in [-0.2, 0) is 0 Å². The van der Waals surface area contributed by atoms with Gasteiger partial charge in [0, 0.05) is 18.1 Å². The molecule has 0 aromatic rings. The van der Waals surface area contributed by atoms with E-state index in [9.17, 15) is 0 Å². The Morgan fingerprint density at radius 3 is 1.90 bits per heavy atom. The standard InChI is InChI=1S/C8H18N2/c1-7(2)5-10-8(3,4)6(7)9/h6,10H,5,9H2,1-4H3. The summed E-state index contributed by atoms with van der Waals surface area (Å²) in [7, 11) is 0. The predicted octanol–water partition coefficient (Wildman–Crippen LogP) is 0.722. The third kappa shape index (κ3) is 1.06. The molecule has 1 atom stereocenters. The molecule has 1 heterocycles. The first-order valence-corrected chi connectivity index (χ1v) is 3.87. The quantitative estimate of drug-likeness (QED) is 0.523. The Kier molecular flexibility index (Phi) is 1.57. The third-order valence-corrected chi connectivity index (χ3v) is 2.62. The predicted molar refractivity (Wildman–Crippen MR) is 43.8 cm³/mol. The summed E-state index contributed by atoms with van der Waals surface area (Å²) in [4.78, 5) is 0. The molecule has 10 heavy (non-hydrogen) atoms. The van der Waals surface area contributed by atoms with Gasteiger partial charge in [-0.15, -0.1) is 0 Å². The zero-order chi connectivity index (χ0) is 7.99. The molecule has 1 rings (SSSR count). The van der Waals surface area contributed by atoms with Crippen molar-refractivity contribution in [1.29, 1.82) is 0 Å². The summed E-state index contributed by atoms with van der Waals surface area (Å²) in [6.07, 6.45) is 0. The van der Waals surface area contributed by atoms with Crippen LogP contribution in [0, 0.1) is 5.41 Å². The van der Waals surface area contributed by atoms with Gasteiger partial charge in [-0.25, -0.2) is 0 Å². The zero-order valence-corrected chi connectivity index (χ0v) is 7.36. The largest absolute Gasteiger partial charge is 0.326 e. The maximum Gasteiger partial charge on any atom is 0.0282 e. The van der Waals surface area contributed by atoms with Crippen LogP contribution < -0.4 is 11.1 Å². The van der Waals surface area contributed by atoms with Gasteiger partial charge in [0.25, 0.3) is 0 Å². The molecule has 0 radical (unpaired) electrons. The normalized spacial score (nSPS) is 36.3. The molecule has 1 aliphatic heterocycles. The van der Waals surface area contributed by atoms with Gasteiger partial charge in [-0.1, -0.05) is 13.8 Å². The van der Waals surface area contributed by atoms with Crippen molar-refractivity contribution in [3.63, 3.8) is 0 Å². The molecule has 0 saturated carbocycles. The Balaban J connectivity index is 2.77. The Morgan fingerprint density at radius 2 is 1.80 bits per heavy atom. The average Bonchev–Trinajstić information content (AvgIpc) is 1.95. The number of hydrogen-bond donors (Lipinski definition) is 2. The van der Waals surface area contributed by atoms with Gasteiger partial charge in [0.15, 0.2) is 0 Å². The van der Waals surface area contributed by atoms with Crippen molar-refractivity contribution in [3.05, 3.63) is 0 Å². The zero-order valence-electron chi connectivity index (χ0n) is 7.36. The van der Waals surface area contributed by atoms with Crippen molar-refractivity contribution in [1.82, 2.24) is 5.32 Å². The summed E-state index contributed by atoms with van der Waals surface area (Å²) < 4.78 is 0. The van der Waals surface area contributed by atoms with Crippen LogP contribution in [0.4, 0.5) is 0 Å². The molecule has 60 valence electrons. The lowest BCUT2D eigenvalue weighted by molar-refractivity contribution is 0.302. The molecule has 2 heteroatoms. The Labute approximate surface area is 63.2 Å². The fraction of sp³-hybridized carbons (Fsp3) is 1.00. The number of hydrogen-bond acceptors (Lipinski definition) is 2. The molecule has 1 fully saturated rings. The highest BCUT2D eigenvalue weighted by atomic mass is 15.1. The highest BCUT2D eigenvalue weighted by Crippen LogP contribution is 2.32. The van der Waals surface area contributed by atoms with Crippen molar-refractivity contribution in [2.75, 3.05) is 6.54 Å². The minimum Gasteiger partial charge on any atom is -0.326 e. The van der Waals surface area contributed by atoms with Gasteiger partial charge < -0.3 is 11.1 Å². The lowest BCUT2D eigenvalue weighted by Gasteiger charge is -2.30. The van der Waals surface area contributed by atoms with Gasteiger partial charge >= 0.3 is 0 Å². The SMILES string of the molecule is CC1(C)CNC(C)(C)C1N. The van der Waals surface area contributed by atoms with Crippen molar-refractivity contribution < 1.29 is 0 Å². The topological polar surface area (TPSA) is 38.0 Å². The highest BCUT2D eigenvalue weighted by Gasteiger charge is 2.44. The molecule has 2 nitrogen and oxygen atoms in total. The van der Waals surface area contributed by atoms with Crippen molar-refractivity contribution >= 4 is 0 Å². The summed E-state index contributed by atoms with van der Waals surface area (Å²) in [5, 5.41) is 3.41. The third-order valence-electron chi connectivity index (χ3n) is 2.62. The molecule has 0 spiro atoms. The number of nitrogens with one attached hydrogen (secondary N) is 1. The van der Waals surface area contributed by atoms with Crippen LogP contribution in [0.1, 0.15) is 27.7 Å². The molecule has 0 amide bonds. The molecule has 0 aromatic carbocycles. The summed E-state index contributed by atoms with van der Waals surface area (Å²) in [6.45, 7) is 9.76. The van der Waals surface area contributed by atoms with Crippen LogP contribution >= 0.6 is 0 Å². The van der Waals surface area contributed by atoms with E-state index >= 15 is 0 Å². The first-order chi connectivity index (χ1) is 4.36. The summed E-state index contributed by atoms with van der Waals surface area (Å²) in [5.74, 6) is 0. The van der Waals surface area contributed by atoms with Crippen molar-refractivity contribution in [2.45, 2.75) is 39.3 Å². The van der Waals surface area contributed by atoms with Gasteiger partial charge in [-0.3, -0.25) is 0 Å². The molecule has 1 unspecified atom stereocenters. The van der Waals surface area contributed by atoms with Crippen LogP contribution in [0.5, 0.6) is 0 Å². The molecular weight excluding hydrogens is 124 g/mol. The van der Waals surface area contributed by atoms with Crippen LogP contribution in [0.15, 0.2) is 0 Å². The Bertz CT molecular complexity index is 122. The minimum absolute atomic E-state index is 0.115. The first-order valence-electron chi connectivity index (χ1n) is 3.87. The molecule has 1 saturated heterocycles. The van der Waals surface area contributed by atoms with E-state index in [0.29, 0.717) is 0 Å². The fourth-order valence-corrected chi connectivity index (χ4v) is 1.65. The molecule has 0 aliphatic carbocycles. The molecule has 0 aromatic heterocycles. The van der Waals surface area contributed by atoms with Gasteiger partial charge in [0.05, 0.1) is 0 Å². The average molecular weight is 142 g/mol. The van der Waals surface area contributed by atoms with E-state index in [0.717, 1.165) is 6.54 Å². The lowest BCUT2D eigenvalue weighted by atomic mass is 9.81. The first kappa shape index (κ1) is 8.02. The van der Waals surface area contributed by atoms with Crippen LogP contribution in [0.3, 0.4) is 0 Å². The lowest BCUT2D eigenvalue weighted by Crippen LogP contribution is -2.49. The minimum atomic E-state index is 0.115. The molecule has 1 aliphatic rings. The second kappa shape index (κ2) is 1.95. The second-order valence-electron chi connectivity index (χ2n) is 4.54. The van der Waals surface area contributed by atoms with E-state index in [1.807, 2.05) is 0 Å². The maximum atomic E-state index is 6.03. The van der Waals surface area contributed by atoms with E-state index in [1.165, 1.54) is 0 Å². The Hall–Kier alpha value is -0.0800. The smallest absolute Gasteiger partial charge is 0.0282 e. The van der Waals surface area contributed by atoms with Crippen molar-refractivity contribution in [3.8, 4) is 0 Å². The summed E-state index contributed by atoms with van der Waals surface area (Å²) >= 11 is 0. The highest BCUT2D eigenvalue weighted by molar-refractivity contribution is 5.05. The summed E-state index contributed by atoms with van der Waals surface area (Å²) in [6, 6.07) is 0.264. The second-order valence-corrected chi connectivity index (χ2v) is 4.54. The Morgan fingerprint density at radius 1 is 1.30 bits per heavy atom. The summed E-state index contributed by atoms with van der Waals surface area (Å²) in [5.41, 5.74) is 6.40. The van der Waals surface area contributed by atoms with E-state index in [4.69, 9.17) is 5.73 Å². The van der Waals surface area contributed by atoms with Crippen molar-refractivity contribution in [2.24, 2.45) is 11.1 Å². The fourth-order valence-electron chi connectivity index (χ4n) is 1.65.